The van der Waals surface area contributed by atoms with Gasteiger partial charge in [-0.05, 0) is 38.6 Å². The van der Waals surface area contributed by atoms with Crippen LogP contribution < -0.4 is 0 Å². The van der Waals surface area contributed by atoms with Gasteiger partial charge >= 0.3 is 0 Å². The highest BCUT2D eigenvalue weighted by Crippen LogP contribution is 2.30. The fraction of sp³-hybridized carbons (Fsp3) is 0.733. The smallest absolute Gasteiger partial charge is 0.275 e. The average Bonchev–Trinajstić information content (AvgIpc) is 3.27. The van der Waals surface area contributed by atoms with Gasteiger partial charge in [-0.1, -0.05) is 11.6 Å². The predicted octanol–water partition coefficient (Wildman–Crippen LogP) is 1.94. The van der Waals surface area contributed by atoms with E-state index in [2.05, 4.69) is 10.00 Å². The van der Waals surface area contributed by atoms with Crippen molar-refractivity contribution in [3.05, 3.63) is 16.4 Å². The number of nitrogens with zero attached hydrogens (tertiary/aromatic N) is 4. The number of rotatable bonds is 3. The lowest BCUT2D eigenvalue weighted by atomic mass is 10.3. The molecule has 1 aliphatic heterocycles. The van der Waals surface area contributed by atoms with Crippen molar-refractivity contribution in [1.29, 1.82) is 0 Å². The highest BCUT2D eigenvalue weighted by molar-refractivity contribution is 6.34. The molecule has 0 N–H and O–H groups in total. The minimum absolute atomic E-state index is 0.0306. The summed E-state index contributed by atoms with van der Waals surface area (Å²) < 4.78 is 1.67. The van der Waals surface area contributed by atoms with Gasteiger partial charge in [0.25, 0.3) is 5.91 Å². The molecular weight excluding hydrogens is 288 g/mol. The molecule has 1 saturated heterocycles. The van der Waals surface area contributed by atoms with E-state index in [-0.39, 0.29) is 5.91 Å². The predicted molar refractivity (Wildman–Crippen MR) is 82.6 cm³/mol. The van der Waals surface area contributed by atoms with Crippen LogP contribution in [0.5, 0.6) is 0 Å². The minimum atomic E-state index is -0.0306. The Hall–Kier alpha value is -1.07. The largest absolute Gasteiger partial charge is 0.336 e. The van der Waals surface area contributed by atoms with Crippen molar-refractivity contribution >= 4 is 17.5 Å². The summed E-state index contributed by atoms with van der Waals surface area (Å²) in [4.78, 5) is 17.0. The van der Waals surface area contributed by atoms with Crippen LogP contribution in [0.1, 0.15) is 35.4 Å². The number of aromatic nitrogens is 2. The molecule has 2 aliphatic rings. The Morgan fingerprint density at radius 1 is 1.29 bits per heavy atom. The lowest BCUT2D eigenvalue weighted by Crippen LogP contribution is -2.36. The van der Waals surface area contributed by atoms with Gasteiger partial charge < -0.3 is 9.80 Å². The molecule has 3 rings (SSSR count). The van der Waals surface area contributed by atoms with Gasteiger partial charge in [-0.15, -0.1) is 0 Å². The first-order chi connectivity index (χ1) is 10.1. The molecule has 0 atom stereocenters. The van der Waals surface area contributed by atoms with Gasteiger partial charge in [0.2, 0.25) is 0 Å². The fourth-order valence-corrected chi connectivity index (χ4v) is 3.13. The van der Waals surface area contributed by atoms with Crippen LogP contribution in [0.2, 0.25) is 5.02 Å². The fourth-order valence-electron chi connectivity index (χ4n) is 2.89. The number of carbonyl (C=O) groups excluding carboxylic acids is 1. The summed E-state index contributed by atoms with van der Waals surface area (Å²) in [5.74, 6) is 0.872. The summed E-state index contributed by atoms with van der Waals surface area (Å²) in [6.45, 7) is 6.71. The van der Waals surface area contributed by atoms with E-state index in [0.29, 0.717) is 10.7 Å². The summed E-state index contributed by atoms with van der Waals surface area (Å²) in [5, 5.41) is 4.76. The number of hydrogen-bond donors (Lipinski definition) is 0. The molecule has 1 saturated carbocycles. The van der Waals surface area contributed by atoms with E-state index in [4.69, 9.17) is 11.6 Å². The van der Waals surface area contributed by atoms with Crippen molar-refractivity contribution in [3.63, 3.8) is 0 Å². The standard InChI is InChI=1S/C15H23ClN4O/c1-11-13(16)14(17-18(11)2)15(21)20-7-3-6-19(8-9-20)10-12-4-5-12/h12H,3-10H2,1-2H3. The van der Waals surface area contributed by atoms with Crippen molar-refractivity contribution in [1.82, 2.24) is 19.6 Å². The minimum Gasteiger partial charge on any atom is -0.336 e. The van der Waals surface area contributed by atoms with Crippen LogP contribution in [-0.2, 0) is 7.05 Å². The Bertz CT molecular complexity index is 538. The molecule has 1 aromatic heterocycles. The van der Waals surface area contributed by atoms with Crippen molar-refractivity contribution in [2.45, 2.75) is 26.2 Å². The molecule has 0 unspecified atom stereocenters. The van der Waals surface area contributed by atoms with Gasteiger partial charge in [0.1, 0.15) is 0 Å². The van der Waals surface area contributed by atoms with Crippen LogP contribution >= 0.6 is 11.6 Å². The molecule has 0 aromatic carbocycles. The van der Waals surface area contributed by atoms with E-state index in [9.17, 15) is 4.79 Å². The van der Waals surface area contributed by atoms with E-state index < -0.39 is 0 Å². The van der Waals surface area contributed by atoms with Crippen LogP contribution in [0, 0.1) is 12.8 Å². The Labute approximate surface area is 130 Å². The molecular formula is C15H23ClN4O. The van der Waals surface area contributed by atoms with Gasteiger partial charge in [0, 0.05) is 33.2 Å². The van der Waals surface area contributed by atoms with Gasteiger partial charge in [0.15, 0.2) is 5.69 Å². The summed E-state index contributed by atoms with van der Waals surface area (Å²) in [5.41, 5.74) is 1.23. The van der Waals surface area contributed by atoms with Crippen molar-refractivity contribution in [2.24, 2.45) is 13.0 Å². The molecule has 6 heteroatoms. The van der Waals surface area contributed by atoms with Crippen molar-refractivity contribution in [2.75, 3.05) is 32.7 Å². The monoisotopic (exact) mass is 310 g/mol. The summed E-state index contributed by atoms with van der Waals surface area (Å²) in [6.07, 6.45) is 3.78. The van der Waals surface area contributed by atoms with Crippen LogP contribution in [0.15, 0.2) is 0 Å². The second-order valence-electron chi connectivity index (χ2n) is 6.26. The zero-order valence-corrected chi connectivity index (χ0v) is 13.6. The maximum absolute atomic E-state index is 12.6. The highest BCUT2D eigenvalue weighted by Gasteiger charge is 2.28. The Kier molecular flexibility index (Phi) is 4.22. The van der Waals surface area contributed by atoms with E-state index in [1.807, 2.05) is 18.9 Å². The first-order valence-electron chi connectivity index (χ1n) is 7.77. The maximum atomic E-state index is 12.6. The molecule has 1 aromatic rings. The summed E-state index contributed by atoms with van der Waals surface area (Å²) in [7, 11) is 1.82. The number of hydrogen-bond acceptors (Lipinski definition) is 3. The van der Waals surface area contributed by atoms with Crippen LogP contribution in [0.25, 0.3) is 0 Å². The second-order valence-corrected chi connectivity index (χ2v) is 6.64. The topological polar surface area (TPSA) is 41.4 Å². The normalized spacial score (nSPS) is 20.6. The third-order valence-corrected chi connectivity index (χ3v) is 5.01. The Balaban J connectivity index is 1.65. The SMILES string of the molecule is Cc1c(Cl)c(C(=O)N2CCCN(CC3CC3)CC2)nn1C. The zero-order chi connectivity index (χ0) is 15.0. The van der Waals surface area contributed by atoms with Gasteiger partial charge in [-0.2, -0.15) is 5.10 Å². The molecule has 2 heterocycles. The van der Waals surface area contributed by atoms with E-state index in [0.717, 1.165) is 44.2 Å². The molecule has 1 aliphatic carbocycles. The third-order valence-electron chi connectivity index (χ3n) is 4.55. The molecule has 21 heavy (non-hydrogen) atoms. The lowest BCUT2D eigenvalue weighted by Gasteiger charge is -2.21. The Morgan fingerprint density at radius 3 is 2.67 bits per heavy atom. The Morgan fingerprint density at radius 2 is 2.05 bits per heavy atom. The number of halogens is 1. The first-order valence-corrected chi connectivity index (χ1v) is 8.14. The molecule has 5 nitrogen and oxygen atoms in total. The average molecular weight is 311 g/mol. The maximum Gasteiger partial charge on any atom is 0.275 e. The number of aryl methyl sites for hydroxylation is 1. The molecule has 0 bridgehead atoms. The quantitative estimate of drug-likeness (QED) is 0.857. The van der Waals surface area contributed by atoms with Crippen molar-refractivity contribution < 1.29 is 4.79 Å². The van der Waals surface area contributed by atoms with Crippen molar-refractivity contribution in [3.8, 4) is 0 Å². The van der Waals surface area contributed by atoms with Gasteiger partial charge in [-0.3, -0.25) is 9.48 Å². The lowest BCUT2D eigenvalue weighted by molar-refractivity contribution is 0.0754. The first kappa shape index (κ1) is 14.9. The van der Waals surface area contributed by atoms with Crippen LogP contribution in [-0.4, -0.2) is 58.2 Å². The zero-order valence-electron chi connectivity index (χ0n) is 12.8. The van der Waals surface area contributed by atoms with E-state index >= 15 is 0 Å². The summed E-state index contributed by atoms with van der Waals surface area (Å²) in [6, 6.07) is 0. The van der Waals surface area contributed by atoms with Gasteiger partial charge in [-0.25, -0.2) is 0 Å². The van der Waals surface area contributed by atoms with Crippen LogP contribution in [0.3, 0.4) is 0 Å². The second kappa shape index (κ2) is 5.97. The third kappa shape index (κ3) is 3.24. The number of carbonyl (C=O) groups is 1. The summed E-state index contributed by atoms with van der Waals surface area (Å²) >= 11 is 6.23. The van der Waals surface area contributed by atoms with E-state index in [1.54, 1.807) is 4.68 Å². The highest BCUT2D eigenvalue weighted by atomic mass is 35.5. The van der Waals surface area contributed by atoms with Crippen LogP contribution in [0.4, 0.5) is 0 Å². The molecule has 0 spiro atoms. The number of amides is 1. The van der Waals surface area contributed by atoms with E-state index in [1.165, 1.54) is 19.4 Å². The molecule has 0 radical (unpaired) electrons. The van der Waals surface area contributed by atoms with Gasteiger partial charge in [0.05, 0.1) is 10.7 Å². The molecule has 116 valence electrons. The molecule has 2 fully saturated rings. The molecule has 1 amide bonds.